The van der Waals surface area contributed by atoms with E-state index in [1.165, 1.54) is 0 Å². The molecule has 0 saturated heterocycles. The lowest BCUT2D eigenvalue weighted by molar-refractivity contribution is 0.656. The molecule has 4 aromatic carbocycles. The summed E-state index contributed by atoms with van der Waals surface area (Å²) in [5, 5.41) is 10.0. The molecule has 0 radical (unpaired) electrons. The maximum absolute atomic E-state index is 5.08. The highest BCUT2D eigenvalue weighted by molar-refractivity contribution is 5.70. The van der Waals surface area contributed by atoms with Crippen LogP contribution in [0.2, 0.25) is 0 Å². The topological polar surface area (TPSA) is 48.5 Å². The van der Waals surface area contributed by atoms with Gasteiger partial charge in [-0.15, -0.1) is 0 Å². The standard InChI is InChI=1S/C37H29N5/c1-5-14-28(15-6-1)34-24-36(30-18-9-3-10-19-30)41(39-34)26-32-22-13-23-33(38-32)27-42-37(31-20-11-4-12-21-31)25-35(40-42)29-16-7-2-8-17-29/h1-25H,26-27H2. The summed E-state index contributed by atoms with van der Waals surface area (Å²) in [5.74, 6) is 0. The van der Waals surface area contributed by atoms with E-state index >= 15 is 0 Å². The van der Waals surface area contributed by atoms with Crippen LogP contribution in [0.1, 0.15) is 11.4 Å². The minimum Gasteiger partial charge on any atom is -0.258 e. The Balaban J connectivity index is 1.22. The van der Waals surface area contributed by atoms with Crippen molar-refractivity contribution in [2.24, 2.45) is 0 Å². The van der Waals surface area contributed by atoms with Crippen molar-refractivity contribution in [2.45, 2.75) is 13.1 Å². The van der Waals surface area contributed by atoms with Gasteiger partial charge in [0.25, 0.3) is 0 Å². The fourth-order valence-corrected chi connectivity index (χ4v) is 5.27. The summed E-state index contributed by atoms with van der Waals surface area (Å²) in [6.07, 6.45) is 0. The second kappa shape index (κ2) is 11.5. The first-order valence-corrected chi connectivity index (χ1v) is 14.1. The Hall–Kier alpha value is -5.55. The van der Waals surface area contributed by atoms with Gasteiger partial charge in [-0.1, -0.05) is 127 Å². The quantitative estimate of drug-likeness (QED) is 0.194. The molecule has 42 heavy (non-hydrogen) atoms. The molecule has 0 fully saturated rings. The van der Waals surface area contributed by atoms with Gasteiger partial charge in [0.05, 0.1) is 47.3 Å². The first-order chi connectivity index (χ1) is 20.8. The molecule has 7 aromatic rings. The number of aromatic nitrogens is 5. The Morgan fingerprint density at radius 2 is 0.738 bits per heavy atom. The van der Waals surface area contributed by atoms with Crippen LogP contribution in [0.25, 0.3) is 45.0 Å². The van der Waals surface area contributed by atoms with Crippen molar-refractivity contribution in [3.8, 4) is 45.0 Å². The number of hydrogen-bond donors (Lipinski definition) is 0. The number of rotatable bonds is 8. The number of pyridine rings is 1. The molecule has 7 rings (SSSR count). The van der Waals surface area contributed by atoms with Crippen molar-refractivity contribution in [3.05, 3.63) is 163 Å². The van der Waals surface area contributed by atoms with E-state index in [9.17, 15) is 0 Å². The van der Waals surface area contributed by atoms with E-state index < -0.39 is 0 Å². The Morgan fingerprint density at radius 1 is 0.381 bits per heavy atom. The van der Waals surface area contributed by atoms with Gasteiger partial charge in [0.2, 0.25) is 0 Å². The fourth-order valence-electron chi connectivity index (χ4n) is 5.27. The van der Waals surface area contributed by atoms with E-state index in [1.807, 2.05) is 48.5 Å². The number of hydrogen-bond acceptors (Lipinski definition) is 3. The molecule has 0 aliphatic carbocycles. The minimum atomic E-state index is 0.560. The van der Waals surface area contributed by atoms with Gasteiger partial charge in [-0.05, 0) is 35.4 Å². The van der Waals surface area contributed by atoms with Crippen LogP contribution >= 0.6 is 0 Å². The zero-order valence-electron chi connectivity index (χ0n) is 23.1. The molecule has 0 aliphatic heterocycles. The van der Waals surface area contributed by atoms with E-state index in [0.29, 0.717) is 13.1 Å². The molecule has 0 bridgehead atoms. The van der Waals surface area contributed by atoms with Crippen molar-refractivity contribution in [3.63, 3.8) is 0 Å². The zero-order chi connectivity index (χ0) is 28.1. The van der Waals surface area contributed by atoms with E-state index in [1.54, 1.807) is 0 Å². The maximum Gasteiger partial charge on any atom is 0.0929 e. The lowest BCUT2D eigenvalue weighted by atomic mass is 10.1. The Bertz CT molecular complexity index is 1770. The first-order valence-electron chi connectivity index (χ1n) is 14.1. The molecule has 202 valence electrons. The normalized spacial score (nSPS) is 11.0. The SMILES string of the molecule is c1ccc(-c2cc(-c3ccccc3)n(Cc3cccc(Cn4nc(-c5ccccc5)cc4-c4ccccc4)n3)n2)cc1. The van der Waals surface area contributed by atoms with E-state index in [-0.39, 0.29) is 0 Å². The molecule has 0 spiro atoms. The summed E-state index contributed by atoms with van der Waals surface area (Å²) in [4.78, 5) is 5.08. The smallest absolute Gasteiger partial charge is 0.0929 e. The zero-order valence-corrected chi connectivity index (χ0v) is 23.1. The predicted octanol–water partition coefficient (Wildman–Crippen LogP) is 8.24. The Morgan fingerprint density at radius 3 is 1.12 bits per heavy atom. The van der Waals surface area contributed by atoms with Crippen molar-refractivity contribution in [1.82, 2.24) is 24.5 Å². The summed E-state index contributed by atoms with van der Waals surface area (Å²) in [7, 11) is 0. The van der Waals surface area contributed by atoms with Crippen molar-refractivity contribution >= 4 is 0 Å². The molecular weight excluding hydrogens is 514 g/mol. The highest BCUT2D eigenvalue weighted by Crippen LogP contribution is 2.28. The van der Waals surface area contributed by atoms with Gasteiger partial charge in [-0.25, -0.2) is 0 Å². The Kier molecular flexibility index (Phi) is 6.97. The van der Waals surface area contributed by atoms with Crippen LogP contribution in [0.3, 0.4) is 0 Å². The monoisotopic (exact) mass is 543 g/mol. The van der Waals surface area contributed by atoms with Gasteiger partial charge in [0, 0.05) is 11.1 Å². The van der Waals surface area contributed by atoms with Gasteiger partial charge in [-0.2, -0.15) is 10.2 Å². The summed E-state index contributed by atoms with van der Waals surface area (Å²) in [6.45, 7) is 1.12. The largest absolute Gasteiger partial charge is 0.258 e. The van der Waals surface area contributed by atoms with E-state index in [2.05, 4.69) is 112 Å². The highest BCUT2D eigenvalue weighted by Gasteiger charge is 2.15. The molecule has 3 aromatic heterocycles. The van der Waals surface area contributed by atoms with Crippen molar-refractivity contribution in [2.75, 3.05) is 0 Å². The van der Waals surface area contributed by atoms with Crippen LogP contribution in [0, 0.1) is 0 Å². The molecule has 0 unspecified atom stereocenters. The van der Waals surface area contributed by atoms with E-state index in [0.717, 1.165) is 56.4 Å². The Labute approximate surface area is 245 Å². The van der Waals surface area contributed by atoms with Crippen LogP contribution in [-0.4, -0.2) is 24.5 Å². The fraction of sp³-hybridized carbons (Fsp3) is 0.0541. The number of nitrogens with zero attached hydrogens (tertiary/aromatic N) is 5. The molecule has 0 N–H and O–H groups in total. The molecule has 0 saturated carbocycles. The molecule has 0 amide bonds. The van der Waals surface area contributed by atoms with Gasteiger partial charge >= 0.3 is 0 Å². The van der Waals surface area contributed by atoms with Crippen LogP contribution in [0.4, 0.5) is 0 Å². The lowest BCUT2D eigenvalue weighted by Gasteiger charge is -2.10. The van der Waals surface area contributed by atoms with Gasteiger partial charge in [0.15, 0.2) is 0 Å². The van der Waals surface area contributed by atoms with Gasteiger partial charge in [-0.3, -0.25) is 14.3 Å². The molecule has 5 nitrogen and oxygen atoms in total. The molecule has 0 atom stereocenters. The molecule has 0 aliphatic rings. The first kappa shape index (κ1) is 25.4. The van der Waals surface area contributed by atoms with Crippen molar-refractivity contribution in [1.29, 1.82) is 0 Å². The molecule has 5 heteroatoms. The average Bonchev–Trinajstić information content (AvgIpc) is 3.68. The molecular formula is C37H29N5. The minimum absolute atomic E-state index is 0.560. The van der Waals surface area contributed by atoms with Crippen molar-refractivity contribution < 1.29 is 0 Å². The summed E-state index contributed by atoms with van der Waals surface area (Å²) in [6, 6.07) is 52.0. The van der Waals surface area contributed by atoms with Crippen LogP contribution in [0.5, 0.6) is 0 Å². The van der Waals surface area contributed by atoms with Crippen LogP contribution in [-0.2, 0) is 13.1 Å². The second-order valence-electron chi connectivity index (χ2n) is 10.2. The summed E-state index contributed by atoms with van der Waals surface area (Å²) >= 11 is 0. The van der Waals surface area contributed by atoms with Gasteiger partial charge in [0.1, 0.15) is 0 Å². The second-order valence-corrected chi connectivity index (χ2v) is 10.2. The van der Waals surface area contributed by atoms with Crippen LogP contribution < -0.4 is 0 Å². The lowest BCUT2D eigenvalue weighted by Crippen LogP contribution is -2.09. The maximum atomic E-state index is 5.08. The average molecular weight is 544 g/mol. The third-order valence-corrected chi connectivity index (χ3v) is 7.33. The molecule has 3 heterocycles. The summed E-state index contributed by atoms with van der Waals surface area (Å²) < 4.78 is 4.11. The predicted molar refractivity (Wildman–Crippen MR) is 169 cm³/mol. The third kappa shape index (κ3) is 5.40. The highest BCUT2D eigenvalue weighted by atomic mass is 15.3. The van der Waals surface area contributed by atoms with Crippen LogP contribution in [0.15, 0.2) is 152 Å². The summed E-state index contributed by atoms with van der Waals surface area (Å²) in [5.41, 5.74) is 10.4. The van der Waals surface area contributed by atoms with E-state index in [4.69, 9.17) is 15.2 Å². The van der Waals surface area contributed by atoms with Gasteiger partial charge < -0.3 is 0 Å². The third-order valence-electron chi connectivity index (χ3n) is 7.33. The number of benzene rings is 4.